The van der Waals surface area contributed by atoms with Crippen molar-refractivity contribution in [2.75, 3.05) is 26.9 Å². The van der Waals surface area contributed by atoms with Crippen LogP contribution < -0.4 is 5.32 Å². The van der Waals surface area contributed by atoms with E-state index >= 15 is 0 Å². The number of carbonyl (C=O) groups excluding carboxylic acids is 1. The zero-order valence-corrected chi connectivity index (χ0v) is 14.0. The number of phosphoric acid groups is 1. The number of nitrogens with one attached hydrogen (secondary N) is 1. The minimum absolute atomic E-state index is 0.135. The van der Waals surface area contributed by atoms with E-state index in [4.69, 9.17) is 14.4 Å². The van der Waals surface area contributed by atoms with Gasteiger partial charge in [-0.15, -0.1) is 0 Å². The Bertz CT molecular complexity index is 534. The molecule has 9 heteroatoms. The van der Waals surface area contributed by atoms with Crippen LogP contribution in [0, 0.1) is 0 Å². The van der Waals surface area contributed by atoms with Gasteiger partial charge >= 0.3 is 7.82 Å². The van der Waals surface area contributed by atoms with Crippen molar-refractivity contribution in [2.24, 2.45) is 0 Å². The van der Waals surface area contributed by atoms with E-state index in [2.05, 4.69) is 9.84 Å². The maximum absolute atomic E-state index is 12.0. The number of phosphoric ester groups is 1. The van der Waals surface area contributed by atoms with Crippen LogP contribution in [0.4, 0.5) is 0 Å². The zero-order valence-electron chi connectivity index (χ0n) is 13.1. The highest BCUT2D eigenvalue weighted by Gasteiger charge is 2.25. The molecule has 3 N–H and O–H groups in total. The van der Waals surface area contributed by atoms with Crippen molar-refractivity contribution in [3.8, 4) is 0 Å². The molecule has 0 aliphatic rings. The maximum atomic E-state index is 12.0. The van der Waals surface area contributed by atoms with Crippen molar-refractivity contribution < 1.29 is 33.1 Å². The summed E-state index contributed by atoms with van der Waals surface area (Å²) in [5, 5.41) is 11.6. The van der Waals surface area contributed by atoms with Gasteiger partial charge in [0.15, 0.2) is 0 Å². The Morgan fingerprint density at radius 3 is 2.52 bits per heavy atom. The summed E-state index contributed by atoms with van der Waals surface area (Å²) in [4.78, 5) is 21.2. The van der Waals surface area contributed by atoms with Crippen molar-refractivity contribution in [2.45, 2.75) is 19.6 Å². The lowest BCUT2D eigenvalue weighted by molar-refractivity contribution is 0.0673. The van der Waals surface area contributed by atoms with Gasteiger partial charge in [0, 0.05) is 25.8 Å². The Kier molecular flexibility index (Phi) is 8.40. The molecule has 1 rings (SSSR count). The Morgan fingerprint density at radius 2 is 2.00 bits per heavy atom. The van der Waals surface area contributed by atoms with Crippen LogP contribution in [-0.2, 0) is 25.0 Å². The first kappa shape index (κ1) is 19.8. The van der Waals surface area contributed by atoms with E-state index in [1.807, 2.05) is 6.92 Å². The van der Waals surface area contributed by atoms with E-state index in [9.17, 15) is 14.3 Å². The van der Waals surface area contributed by atoms with E-state index in [0.29, 0.717) is 18.8 Å². The van der Waals surface area contributed by atoms with Gasteiger partial charge in [0.25, 0.3) is 5.91 Å². The van der Waals surface area contributed by atoms with Gasteiger partial charge in [0.05, 0.1) is 13.2 Å². The highest BCUT2D eigenvalue weighted by atomic mass is 31.2. The van der Waals surface area contributed by atoms with E-state index in [-0.39, 0.29) is 12.5 Å². The van der Waals surface area contributed by atoms with Crippen LogP contribution >= 0.6 is 7.82 Å². The van der Waals surface area contributed by atoms with Crippen LogP contribution in [0.5, 0.6) is 0 Å². The van der Waals surface area contributed by atoms with Crippen molar-refractivity contribution in [3.05, 3.63) is 35.4 Å². The number of ether oxygens (including phenoxy) is 1. The van der Waals surface area contributed by atoms with Crippen molar-refractivity contribution in [1.82, 2.24) is 5.32 Å². The molecule has 2 atom stereocenters. The number of rotatable bonds is 10. The normalized spacial score (nSPS) is 15.0. The van der Waals surface area contributed by atoms with Gasteiger partial charge in [0.1, 0.15) is 6.10 Å². The summed E-state index contributed by atoms with van der Waals surface area (Å²) in [5.41, 5.74) is 1.36. The molecule has 0 bridgehead atoms. The smallest absolute Gasteiger partial charge is 0.394 e. The van der Waals surface area contributed by atoms with E-state index in [1.165, 1.54) is 0 Å². The second kappa shape index (κ2) is 9.77. The summed E-state index contributed by atoms with van der Waals surface area (Å²) < 4.78 is 25.5. The topological polar surface area (TPSA) is 114 Å². The molecule has 1 aromatic carbocycles. The fourth-order valence-corrected chi connectivity index (χ4v) is 2.25. The third kappa shape index (κ3) is 7.22. The summed E-state index contributed by atoms with van der Waals surface area (Å²) in [5.74, 6) is -0.389. The molecule has 1 amide bonds. The molecule has 0 aromatic heterocycles. The third-order valence-electron chi connectivity index (χ3n) is 2.90. The molecule has 23 heavy (non-hydrogen) atoms. The number of hydrogen-bond donors (Lipinski definition) is 3. The van der Waals surface area contributed by atoms with Gasteiger partial charge in [-0.25, -0.2) is 4.57 Å². The largest absolute Gasteiger partial charge is 0.472 e. The summed E-state index contributed by atoms with van der Waals surface area (Å²) in [7, 11) is -3.21. The lowest BCUT2D eigenvalue weighted by atomic mass is 10.1. The van der Waals surface area contributed by atoms with Gasteiger partial charge in [-0.1, -0.05) is 12.1 Å². The molecule has 2 unspecified atom stereocenters. The Hall–Kier alpha value is -1.28. The number of amides is 1. The molecule has 8 nitrogen and oxygen atoms in total. The first-order valence-corrected chi connectivity index (χ1v) is 8.54. The van der Waals surface area contributed by atoms with Crippen LogP contribution in [0.2, 0.25) is 0 Å². The number of aliphatic hydroxyl groups is 1. The number of hydrogen-bond acceptors (Lipinski definition) is 6. The lowest BCUT2D eigenvalue weighted by Crippen LogP contribution is -2.35. The highest BCUT2D eigenvalue weighted by molar-refractivity contribution is 7.47. The Labute approximate surface area is 135 Å². The molecule has 0 aliphatic carbocycles. The molecule has 0 fully saturated rings. The first-order valence-electron chi connectivity index (χ1n) is 7.04. The summed E-state index contributed by atoms with van der Waals surface area (Å²) in [6.45, 7) is 2.31. The monoisotopic (exact) mass is 347 g/mol. The van der Waals surface area contributed by atoms with Crippen LogP contribution in [0.15, 0.2) is 24.3 Å². The lowest BCUT2D eigenvalue weighted by Gasteiger charge is -2.18. The Morgan fingerprint density at radius 1 is 1.35 bits per heavy atom. The molecule has 0 saturated carbocycles. The van der Waals surface area contributed by atoms with Gasteiger partial charge in [0.2, 0.25) is 0 Å². The summed E-state index contributed by atoms with van der Waals surface area (Å²) >= 11 is 0. The number of aliphatic hydroxyl groups excluding tert-OH is 1. The fraction of sp³-hybridized carbons (Fsp3) is 0.500. The van der Waals surface area contributed by atoms with Crippen LogP contribution in [0.25, 0.3) is 0 Å². The second-order valence-corrected chi connectivity index (χ2v) is 6.12. The van der Waals surface area contributed by atoms with Crippen molar-refractivity contribution >= 4 is 13.7 Å². The van der Waals surface area contributed by atoms with Crippen LogP contribution in [0.3, 0.4) is 0 Å². The molecule has 130 valence electrons. The number of benzene rings is 1. The van der Waals surface area contributed by atoms with Gasteiger partial charge in [-0.2, -0.15) is 0 Å². The standard InChI is InChI=1S/C14H22NO7P/c1-3-21-10-11-4-6-12(7-5-11)14(17)15-8-13(9-16)22-23(18,19)20-2/h4-7,13,16H,3,8-10H2,1-2H3,(H,15,17)(H,18,19). The van der Waals surface area contributed by atoms with E-state index in [0.717, 1.165) is 12.7 Å². The molecule has 0 saturated heterocycles. The third-order valence-corrected chi connectivity index (χ3v) is 3.92. The Balaban J connectivity index is 2.53. The van der Waals surface area contributed by atoms with Crippen LogP contribution in [0.1, 0.15) is 22.8 Å². The molecule has 0 radical (unpaired) electrons. The first-order chi connectivity index (χ1) is 10.9. The quantitative estimate of drug-likeness (QED) is 0.543. The minimum Gasteiger partial charge on any atom is -0.394 e. The maximum Gasteiger partial charge on any atom is 0.472 e. The summed E-state index contributed by atoms with van der Waals surface area (Å²) in [6, 6.07) is 6.84. The average Bonchev–Trinajstić information content (AvgIpc) is 2.56. The van der Waals surface area contributed by atoms with E-state index < -0.39 is 20.5 Å². The molecular weight excluding hydrogens is 325 g/mol. The van der Waals surface area contributed by atoms with Crippen molar-refractivity contribution in [3.63, 3.8) is 0 Å². The van der Waals surface area contributed by atoms with Crippen molar-refractivity contribution in [1.29, 1.82) is 0 Å². The van der Waals surface area contributed by atoms with Gasteiger partial charge < -0.3 is 20.1 Å². The molecule has 1 aromatic rings. The van der Waals surface area contributed by atoms with Crippen LogP contribution in [-0.4, -0.2) is 48.9 Å². The SMILES string of the molecule is CCOCc1ccc(C(=O)NCC(CO)OP(=O)(O)OC)cc1. The minimum atomic E-state index is -4.22. The predicted octanol–water partition coefficient (Wildman–Crippen LogP) is 1.08. The zero-order chi connectivity index (χ0) is 17.3. The van der Waals surface area contributed by atoms with Gasteiger partial charge in [-0.3, -0.25) is 13.8 Å². The summed E-state index contributed by atoms with van der Waals surface area (Å²) in [6.07, 6.45) is -1.05. The fourth-order valence-electron chi connectivity index (χ4n) is 1.65. The molecule has 0 aliphatic heterocycles. The second-order valence-electron chi connectivity index (χ2n) is 4.61. The number of carbonyl (C=O) groups is 1. The highest BCUT2D eigenvalue weighted by Crippen LogP contribution is 2.43. The predicted molar refractivity (Wildman–Crippen MR) is 82.9 cm³/mol. The van der Waals surface area contributed by atoms with E-state index in [1.54, 1.807) is 24.3 Å². The molecular formula is C14H22NO7P. The molecule has 0 heterocycles. The molecule has 0 spiro atoms. The van der Waals surface area contributed by atoms with Gasteiger partial charge in [-0.05, 0) is 24.6 Å². The average molecular weight is 347 g/mol.